The molecule has 104 valence electrons. The standard InChI is InChI=1S/C17H24BrN/c1-13(14-5-7-15(18)8-6-14)19-16-9-12-17(16)10-3-2-4-11-17/h5-8,13,16,19H,2-4,9-12H2,1H3/t13-,16?/m0/s1. The summed E-state index contributed by atoms with van der Waals surface area (Å²) >= 11 is 3.51. The van der Waals surface area contributed by atoms with Gasteiger partial charge in [-0.3, -0.25) is 0 Å². The molecule has 1 N–H and O–H groups in total. The highest BCUT2D eigenvalue weighted by Gasteiger charge is 2.46. The van der Waals surface area contributed by atoms with Crippen LogP contribution in [0.5, 0.6) is 0 Å². The predicted octanol–water partition coefficient (Wildman–Crippen LogP) is 5.21. The Morgan fingerprint density at radius 2 is 1.79 bits per heavy atom. The van der Waals surface area contributed by atoms with Gasteiger partial charge in [-0.05, 0) is 55.7 Å². The smallest absolute Gasteiger partial charge is 0.0294 e. The van der Waals surface area contributed by atoms with Crippen LogP contribution in [0.4, 0.5) is 0 Å². The van der Waals surface area contributed by atoms with Crippen molar-refractivity contribution < 1.29 is 0 Å². The van der Waals surface area contributed by atoms with Crippen molar-refractivity contribution in [2.24, 2.45) is 5.41 Å². The van der Waals surface area contributed by atoms with Crippen LogP contribution in [-0.4, -0.2) is 6.04 Å². The first kappa shape index (κ1) is 13.6. The van der Waals surface area contributed by atoms with E-state index in [0.29, 0.717) is 11.5 Å². The third kappa shape index (κ3) is 2.75. The average Bonchev–Trinajstić information content (AvgIpc) is 2.45. The van der Waals surface area contributed by atoms with Gasteiger partial charge in [-0.15, -0.1) is 0 Å². The maximum Gasteiger partial charge on any atom is 0.0294 e. The predicted molar refractivity (Wildman–Crippen MR) is 84.2 cm³/mol. The molecule has 3 rings (SSSR count). The lowest BCUT2D eigenvalue weighted by Gasteiger charge is -2.53. The van der Waals surface area contributed by atoms with E-state index in [1.165, 1.54) is 50.5 Å². The van der Waals surface area contributed by atoms with Crippen molar-refractivity contribution >= 4 is 15.9 Å². The number of hydrogen-bond donors (Lipinski definition) is 1. The first-order valence-corrected chi connectivity index (χ1v) is 8.50. The SMILES string of the molecule is C[C@H](NC1CCC12CCCCC2)c1ccc(Br)cc1. The van der Waals surface area contributed by atoms with Gasteiger partial charge < -0.3 is 5.32 Å². The number of hydrogen-bond acceptors (Lipinski definition) is 1. The summed E-state index contributed by atoms with van der Waals surface area (Å²) in [5, 5.41) is 3.90. The van der Waals surface area contributed by atoms with E-state index in [9.17, 15) is 0 Å². The summed E-state index contributed by atoms with van der Waals surface area (Å²) in [7, 11) is 0. The molecule has 2 saturated carbocycles. The summed E-state index contributed by atoms with van der Waals surface area (Å²) in [5.41, 5.74) is 2.06. The summed E-state index contributed by atoms with van der Waals surface area (Å²) in [6.45, 7) is 2.30. The van der Waals surface area contributed by atoms with Crippen LogP contribution in [0.2, 0.25) is 0 Å². The molecule has 0 bridgehead atoms. The molecule has 1 spiro atoms. The van der Waals surface area contributed by atoms with Crippen molar-refractivity contribution in [3.05, 3.63) is 34.3 Å². The van der Waals surface area contributed by atoms with E-state index in [1.807, 2.05) is 0 Å². The minimum absolute atomic E-state index is 0.470. The molecular formula is C17H24BrN. The van der Waals surface area contributed by atoms with Crippen LogP contribution in [-0.2, 0) is 0 Å². The van der Waals surface area contributed by atoms with Crippen LogP contribution >= 0.6 is 15.9 Å². The molecule has 1 unspecified atom stereocenters. The molecule has 0 amide bonds. The van der Waals surface area contributed by atoms with Crippen LogP contribution in [0.3, 0.4) is 0 Å². The van der Waals surface area contributed by atoms with Gasteiger partial charge in [0, 0.05) is 16.6 Å². The van der Waals surface area contributed by atoms with Gasteiger partial charge >= 0.3 is 0 Å². The van der Waals surface area contributed by atoms with E-state index in [-0.39, 0.29) is 0 Å². The molecule has 1 aromatic carbocycles. The fourth-order valence-electron chi connectivity index (χ4n) is 3.96. The van der Waals surface area contributed by atoms with Crippen molar-refractivity contribution in [1.29, 1.82) is 0 Å². The lowest BCUT2D eigenvalue weighted by Crippen LogP contribution is -2.54. The molecule has 0 saturated heterocycles. The van der Waals surface area contributed by atoms with Crippen LogP contribution in [0, 0.1) is 5.41 Å². The summed E-state index contributed by atoms with van der Waals surface area (Å²) in [5.74, 6) is 0. The van der Waals surface area contributed by atoms with Crippen LogP contribution in [0.1, 0.15) is 63.5 Å². The number of halogens is 1. The van der Waals surface area contributed by atoms with Crippen molar-refractivity contribution in [2.45, 2.75) is 64.0 Å². The fourth-order valence-corrected chi connectivity index (χ4v) is 4.23. The fraction of sp³-hybridized carbons (Fsp3) is 0.647. The summed E-state index contributed by atoms with van der Waals surface area (Å²) < 4.78 is 1.16. The normalized spacial score (nSPS) is 26.9. The first-order valence-electron chi connectivity index (χ1n) is 7.71. The highest BCUT2D eigenvalue weighted by molar-refractivity contribution is 9.10. The summed E-state index contributed by atoms with van der Waals surface area (Å²) in [6.07, 6.45) is 10.1. The van der Waals surface area contributed by atoms with Crippen molar-refractivity contribution in [3.63, 3.8) is 0 Å². The maximum absolute atomic E-state index is 3.90. The van der Waals surface area contributed by atoms with Gasteiger partial charge in [0.2, 0.25) is 0 Å². The molecule has 0 aliphatic heterocycles. The number of rotatable bonds is 3. The Balaban J connectivity index is 1.63. The largest absolute Gasteiger partial charge is 0.307 e. The Morgan fingerprint density at radius 1 is 1.11 bits per heavy atom. The quantitative estimate of drug-likeness (QED) is 0.805. The zero-order valence-corrected chi connectivity index (χ0v) is 13.4. The summed E-state index contributed by atoms with van der Waals surface area (Å²) in [4.78, 5) is 0. The van der Waals surface area contributed by atoms with Crippen molar-refractivity contribution in [1.82, 2.24) is 5.32 Å². The van der Waals surface area contributed by atoms with Gasteiger partial charge in [-0.1, -0.05) is 47.3 Å². The van der Waals surface area contributed by atoms with Crippen LogP contribution < -0.4 is 5.32 Å². The van der Waals surface area contributed by atoms with Gasteiger partial charge in [-0.25, -0.2) is 0 Å². The minimum atomic E-state index is 0.470. The van der Waals surface area contributed by atoms with E-state index in [4.69, 9.17) is 0 Å². The highest BCUT2D eigenvalue weighted by Crippen LogP contribution is 2.52. The molecule has 2 heteroatoms. The highest BCUT2D eigenvalue weighted by atomic mass is 79.9. The Hall–Kier alpha value is -0.340. The Labute approximate surface area is 125 Å². The van der Waals surface area contributed by atoms with Crippen molar-refractivity contribution in [3.8, 4) is 0 Å². The molecule has 2 fully saturated rings. The molecule has 2 aliphatic carbocycles. The van der Waals surface area contributed by atoms with Gasteiger partial charge in [0.25, 0.3) is 0 Å². The molecule has 1 nitrogen and oxygen atoms in total. The van der Waals surface area contributed by atoms with Crippen LogP contribution in [0.15, 0.2) is 28.7 Å². The second kappa shape index (κ2) is 5.57. The topological polar surface area (TPSA) is 12.0 Å². The molecule has 2 atom stereocenters. The van der Waals surface area contributed by atoms with E-state index in [2.05, 4.69) is 52.4 Å². The molecule has 0 aromatic heterocycles. The molecular weight excluding hydrogens is 298 g/mol. The second-order valence-corrected chi connectivity index (χ2v) is 7.37. The zero-order valence-electron chi connectivity index (χ0n) is 11.8. The zero-order chi connectivity index (χ0) is 13.3. The van der Waals surface area contributed by atoms with Crippen LogP contribution in [0.25, 0.3) is 0 Å². The maximum atomic E-state index is 3.90. The Kier molecular flexibility index (Phi) is 4.00. The Bertz CT molecular complexity index is 419. The first-order chi connectivity index (χ1) is 9.20. The summed E-state index contributed by atoms with van der Waals surface area (Å²) in [6, 6.07) is 9.97. The van der Waals surface area contributed by atoms with Gasteiger partial charge in [-0.2, -0.15) is 0 Å². The lowest BCUT2D eigenvalue weighted by atomic mass is 9.57. The van der Waals surface area contributed by atoms with Gasteiger partial charge in [0.1, 0.15) is 0 Å². The van der Waals surface area contributed by atoms with Gasteiger partial charge in [0.05, 0.1) is 0 Å². The molecule has 19 heavy (non-hydrogen) atoms. The van der Waals surface area contributed by atoms with E-state index >= 15 is 0 Å². The number of benzene rings is 1. The molecule has 0 heterocycles. The van der Waals surface area contributed by atoms with E-state index in [0.717, 1.165) is 10.5 Å². The minimum Gasteiger partial charge on any atom is -0.307 e. The van der Waals surface area contributed by atoms with E-state index < -0.39 is 0 Å². The molecule has 1 aromatic rings. The molecule has 0 radical (unpaired) electrons. The van der Waals surface area contributed by atoms with E-state index in [1.54, 1.807) is 0 Å². The van der Waals surface area contributed by atoms with Gasteiger partial charge in [0.15, 0.2) is 0 Å². The monoisotopic (exact) mass is 321 g/mol. The third-order valence-corrected chi connectivity index (χ3v) is 5.87. The number of nitrogens with one attached hydrogen (secondary N) is 1. The Morgan fingerprint density at radius 3 is 2.37 bits per heavy atom. The third-order valence-electron chi connectivity index (χ3n) is 5.34. The second-order valence-electron chi connectivity index (χ2n) is 6.45. The molecule has 2 aliphatic rings. The lowest BCUT2D eigenvalue weighted by molar-refractivity contribution is 0.0174. The van der Waals surface area contributed by atoms with Crippen molar-refractivity contribution in [2.75, 3.05) is 0 Å². The average molecular weight is 322 g/mol.